The van der Waals surface area contributed by atoms with Crippen LogP contribution in [-0.4, -0.2) is 41.4 Å². The van der Waals surface area contributed by atoms with Gasteiger partial charge in [-0.3, -0.25) is 9.59 Å². The summed E-state index contributed by atoms with van der Waals surface area (Å²) in [4.78, 5) is 38.5. The molecule has 0 aliphatic carbocycles. The molecular formula is C20H24N2O4. The van der Waals surface area contributed by atoms with Crippen molar-refractivity contribution in [2.75, 3.05) is 18.4 Å². The summed E-state index contributed by atoms with van der Waals surface area (Å²) in [6, 6.07) is 5.79. The van der Waals surface area contributed by atoms with Crippen LogP contribution in [0.15, 0.2) is 29.3 Å². The number of amides is 2. The quantitative estimate of drug-likeness (QED) is 0.826. The molecule has 0 aromatic heterocycles. The maximum atomic E-state index is 13.0. The van der Waals surface area contributed by atoms with Gasteiger partial charge in [-0.05, 0) is 32.4 Å². The lowest BCUT2D eigenvalue weighted by molar-refractivity contribution is -0.152. The van der Waals surface area contributed by atoms with E-state index in [0.29, 0.717) is 37.1 Å². The molecule has 0 unspecified atom stereocenters. The largest absolute Gasteiger partial charge is 0.450 e. The highest BCUT2D eigenvalue weighted by atomic mass is 16.6. The van der Waals surface area contributed by atoms with Crippen LogP contribution in [-0.2, 0) is 19.1 Å². The van der Waals surface area contributed by atoms with Gasteiger partial charge in [0.15, 0.2) is 0 Å². The Hall–Kier alpha value is -2.63. The average molecular weight is 356 g/mol. The van der Waals surface area contributed by atoms with E-state index in [1.54, 1.807) is 11.8 Å². The SMILES string of the molecule is CC(=O)N1CCC2(CC1)OC(=O)C(C)=C2C(=O)Nc1ccc(C)cc1C. The molecule has 1 aromatic carbocycles. The molecule has 1 N–H and O–H groups in total. The maximum Gasteiger partial charge on any atom is 0.335 e. The second-order valence-corrected chi connectivity index (χ2v) is 7.16. The minimum atomic E-state index is -0.935. The number of benzene rings is 1. The minimum absolute atomic E-state index is 0.00819. The van der Waals surface area contributed by atoms with Crippen LogP contribution in [0.4, 0.5) is 5.69 Å². The van der Waals surface area contributed by atoms with E-state index in [0.717, 1.165) is 16.8 Å². The number of carbonyl (C=O) groups excluding carboxylic acids is 3. The van der Waals surface area contributed by atoms with Gasteiger partial charge in [-0.15, -0.1) is 0 Å². The molecule has 0 radical (unpaired) electrons. The van der Waals surface area contributed by atoms with Crippen LogP contribution in [0.1, 0.15) is 37.8 Å². The predicted molar refractivity (Wildman–Crippen MR) is 97.6 cm³/mol. The first-order chi connectivity index (χ1) is 12.2. The summed E-state index contributed by atoms with van der Waals surface area (Å²) in [5, 5.41) is 2.93. The van der Waals surface area contributed by atoms with E-state index in [1.165, 1.54) is 6.92 Å². The third-order valence-corrected chi connectivity index (χ3v) is 5.30. The van der Waals surface area contributed by atoms with Crippen molar-refractivity contribution >= 4 is 23.5 Å². The lowest BCUT2D eigenvalue weighted by Gasteiger charge is -2.39. The highest BCUT2D eigenvalue weighted by molar-refractivity contribution is 6.12. The van der Waals surface area contributed by atoms with Gasteiger partial charge >= 0.3 is 5.97 Å². The van der Waals surface area contributed by atoms with Gasteiger partial charge in [-0.2, -0.15) is 0 Å². The van der Waals surface area contributed by atoms with Crippen LogP contribution < -0.4 is 5.32 Å². The van der Waals surface area contributed by atoms with E-state index in [4.69, 9.17) is 4.74 Å². The number of hydrogen-bond donors (Lipinski definition) is 1. The Labute approximate surface area is 153 Å². The monoisotopic (exact) mass is 356 g/mol. The van der Waals surface area contributed by atoms with Gasteiger partial charge in [-0.25, -0.2) is 4.79 Å². The number of rotatable bonds is 2. The molecule has 6 heteroatoms. The van der Waals surface area contributed by atoms with Gasteiger partial charge in [0, 0.05) is 44.1 Å². The second kappa shape index (κ2) is 6.59. The molecule has 26 heavy (non-hydrogen) atoms. The molecule has 1 fully saturated rings. The molecule has 2 aliphatic rings. The van der Waals surface area contributed by atoms with Crippen molar-refractivity contribution in [1.29, 1.82) is 0 Å². The molecule has 3 rings (SSSR count). The second-order valence-electron chi connectivity index (χ2n) is 7.16. The summed E-state index contributed by atoms with van der Waals surface area (Å²) >= 11 is 0. The molecule has 2 heterocycles. The third-order valence-electron chi connectivity index (χ3n) is 5.30. The number of nitrogens with zero attached hydrogens (tertiary/aromatic N) is 1. The molecule has 1 spiro atoms. The summed E-state index contributed by atoms with van der Waals surface area (Å²) in [6.45, 7) is 8.01. The Kier molecular flexibility index (Phi) is 4.61. The average Bonchev–Trinajstić information content (AvgIpc) is 2.81. The Morgan fingerprint density at radius 3 is 2.38 bits per heavy atom. The molecular weight excluding hydrogens is 332 g/mol. The summed E-state index contributed by atoms with van der Waals surface area (Å²) in [6.07, 6.45) is 0.872. The molecule has 0 saturated carbocycles. The molecule has 2 amide bonds. The van der Waals surface area contributed by atoms with Crippen LogP contribution in [0.2, 0.25) is 0 Å². The molecule has 0 bridgehead atoms. The van der Waals surface area contributed by atoms with Gasteiger partial charge in [0.05, 0.1) is 5.57 Å². The zero-order valence-electron chi connectivity index (χ0n) is 15.6. The van der Waals surface area contributed by atoms with Crippen LogP contribution >= 0.6 is 0 Å². The number of ether oxygens (including phenoxy) is 1. The Morgan fingerprint density at radius 1 is 1.15 bits per heavy atom. The lowest BCUT2D eigenvalue weighted by atomic mass is 9.82. The minimum Gasteiger partial charge on any atom is -0.450 e. The Morgan fingerprint density at radius 2 is 1.81 bits per heavy atom. The highest BCUT2D eigenvalue weighted by Crippen LogP contribution is 2.41. The molecule has 1 aromatic rings. The van der Waals surface area contributed by atoms with E-state index >= 15 is 0 Å². The van der Waals surface area contributed by atoms with E-state index in [9.17, 15) is 14.4 Å². The van der Waals surface area contributed by atoms with Crippen molar-refractivity contribution in [3.63, 3.8) is 0 Å². The number of hydrogen-bond acceptors (Lipinski definition) is 4. The smallest absolute Gasteiger partial charge is 0.335 e. The summed E-state index contributed by atoms with van der Waals surface area (Å²) in [5.74, 6) is -0.769. The number of nitrogens with one attached hydrogen (secondary N) is 1. The topological polar surface area (TPSA) is 75.7 Å². The standard InChI is InChI=1S/C20H24N2O4/c1-12-5-6-16(13(2)11-12)21-18(24)17-14(3)19(25)26-20(17)7-9-22(10-8-20)15(4)23/h5-6,11H,7-10H2,1-4H3,(H,21,24). The van der Waals surface area contributed by atoms with E-state index < -0.39 is 11.6 Å². The van der Waals surface area contributed by atoms with Crippen LogP contribution in [0.5, 0.6) is 0 Å². The molecule has 0 atom stereocenters. The first-order valence-corrected chi connectivity index (χ1v) is 8.82. The summed E-state index contributed by atoms with van der Waals surface area (Å²) < 4.78 is 5.64. The van der Waals surface area contributed by atoms with E-state index in [-0.39, 0.29) is 11.8 Å². The van der Waals surface area contributed by atoms with Crippen LogP contribution in [0, 0.1) is 13.8 Å². The first-order valence-electron chi connectivity index (χ1n) is 8.82. The molecule has 1 saturated heterocycles. The number of carbonyl (C=O) groups is 3. The fourth-order valence-corrected chi connectivity index (χ4v) is 3.80. The zero-order chi connectivity index (χ0) is 19.1. The number of likely N-dealkylation sites (tertiary alicyclic amines) is 1. The summed E-state index contributed by atoms with van der Waals surface area (Å²) in [5.41, 5.74) is 2.60. The fourth-order valence-electron chi connectivity index (χ4n) is 3.80. The number of anilines is 1. The van der Waals surface area contributed by atoms with E-state index in [2.05, 4.69) is 5.32 Å². The van der Waals surface area contributed by atoms with Crippen molar-refractivity contribution in [1.82, 2.24) is 4.90 Å². The maximum absolute atomic E-state index is 13.0. The van der Waals surface area contributed by atoms with Gasteiger partial charge in [0.1, 0.15) is 5.60 Å². The fraction of sp³-hybridized carbons (Fsp3) is 0.450. The van der Waals surface area contributed by atoms with Crippen molar-refractivity contribution in [3.8, 4) is 0 Å². The van der Waals surface area contributed by atoms with Gasteiger partial charge in [0.2, 0.25) is 5.91 Å². The lowest BCUT2D eigenvalue weighted by Crippen LogP contribution is -2.49. The first kappa shape index (κ1) is 18.2. The molecule has 138 valence electrons. The normalized spacial score (nSPS) is 18.9. The van der Waals surface area contributed by atoms with Crippen molar-refractivity contribution in [2.45, 2.75) is 46.1 Å². The third kappa shape index (κ3) is 3.11. The Balaban J connectivity index is 1.87. The summed E-state index contributed by atoms with van der Waals surface area (Å²) in [7, 11) is 0. The number of esters is 1. The molecule has 6 nitrogen and oxygen atoms in total. The Bertz CT molecular complexity index is 817. The van der Waals surface area contributed by atoms with Gasteiger partial charge in [0.25, 0.3) is 5.91 Å². The molecule has 2 aliphatic heterocycles. The van der Waals surface area contributed by atoms with Crippen molar-refractivity contribution in [2.24, 2.45) is 0 Å². The predicted octanol–water partition coefficient (Wildman–Crippen LogP) is 2.50. The highest BCUT2D eigenvalue weighted by Gasteiger charge is 2.51. The van der Waals surface area contributed by atoms with Crippen LogP contribution in [0.25, 0.3) is 0 Å². The number of aryl methyl sites for hydroxylation is 2. The number of piperidine rings is 1. The zero-order valence-corrected chi connectivity index (χ0v) is 15.6. The van der Waals surface area contributed by atoms with Crippen molar-refractivity contribution in [3.05, 3.63) is 40.5 Å². The van der Waals surface area contributed by atoms with Crippen molar-refractivity contribution < 1.29 is 19.1 Å². The van der Waals surface area contributed by atoms with Gasteiger partial charge in [-0.1, -0.05) is 17.7 Å². The van der Waals surface area contributed by atoms with E-state index in [1.807, 2.05) is 32.0 Å². The van der Waals surface area contributed by atoms with Crippen LogP contribution in [0.3, 0.4) is 0 Å². The van der Waals surface area contributed by atoms with Gasteiger partial charge < -0.3 is 15.0 Å².